The fraction of sp³-hybridized carbons (Fsp3) is 0.500. The Labute approximate surface area is 146 Å². The minimum absolute atomic E-state index is 0.179. The van der Waals surface area contributed by atoms with Crippen LogP contribution in [0.5, 0.6) is 5.75 Å². The van der Waals surface area contributed by atoms with Crippen LogP contribution in [-0.4, -0.2) is 61.8 Å². The van der Waals surface area contributed by atoms with Gasteiger partial charge >= 0.3 is 6.03 Å². The van der Waals surface area contributed by atoms with E-state index < -0.39 is 21.6 Å². The van der Waals surface area contributed by atoms with Crippen LogP contribution in [0.2, 0.25) is 0 Å². The Balaban J connectivity index is 1.75. The number of nitrogens with one attached hydrogen (secondary N) is 1. The molecule has 2 aliphatic rings. The maximum atomic E-state index is 12.8. The number of urea groups is 1. The van der Waals surface area contributed by atoms with Gasteiger partial charge in [0, 0.05) is 19.6 Å². The number of methoxy groups -OCH3 is 1. The van der Waals surface area contributed by atoms with Gasteiger partial charge in [-0.2, -0.15) is 4.31 Å². The lowest BCUT2D eigenvalue weighted by atomic mass is 9.88. The molecule has 3 amide bonds. The standard InChI is InChI=1S/C16H21N3O5S/c1-3-19-14(20)16(17-15(19)21)8-10-18(11-9-16)25(22,23)13-6-4-12(24-2)5-7-13/h4-7H,3,8-11H2,1-2H3,(H,17,21). The summed E-state index contributed by atoms with van der Waals surface area (Å²) in [4.78, 5) is 25.7. The number of hydrogen-bond donors (Lipinski definition) is 1. The highest BCUT2D eigenvalue weighted by Gasteiger charge is 2.52. The number of piperidine rings is 1. The Bertz CT molecular complexity index is 782. The molecule has 2 heterocycles. The molecule has 25 heavy (non-hydrogen) atoms. The summed E-state index contributed by atoms with van der Waals surface area (Å²) in [5.41, 5.74) is -0.973. The van der Waals surface area contributed by atoms with E-state index in [1.165, 1.54) is 28.4 Å². The summed E-state index contributed by atoms with van der Waals surface area (Å²) in [5, 5.41) is 2.75. The van der Waals surface area contributed by atoms with E-state index >= 15 is 0 Å². The zero-order chi connectivity index (χ0) is 18.2. The third-order valence-electron chi connectivity index (χ3n) is 4.84. The van der Waals surface area contributed by atoms with E-state index in [1.807, 2.05) is 0 Å². The third kappa shape index (κ3) is 2.87. The van der Waals surface area contributed by atoms with Crippen molar-refractivity contribution in [3.05, 3.63) is 24.3 Å². The van der Waals surface area contributed by atoms with Gasteiger partial charge in [-0.3, -0.25) is 9.69 Å². The zero-order valence-electron chi connectivity index (χ0n) is 14.2. The van der Waals surface area contributed by atoms with E-state index in [4.69, 9.17) is 4.74 Å². The number of benzene rings is 1. The van der Waals surface area contributed by atoms with Gasteiger partial charge in [-0.15, -0.1) is 0 Å². The topological polar surface area (TPSA) is 96.0 Å². The molecule has 2 fully saturated rings. The average Bonchev–Trinajstić information content (AvgIpc) is 2.85. The number of hydrogen-bond acceptors (Lipinski definition) is 5. The van der Waals surface area contributed by atoms with Gasteiger partial charge in [-0.1, -0.05) is 0 Å². The molecule has 0 aromatic heterocycles. The highest BCUT2D eigenvalue weighted by molar-refractivity contribution is 7.89. The Hall–Kier alpha value is -2.13. The normalized spacial score (nSPS) is 20.8. The van der Waals surface area contributed by atoms with Crippen molar-refractivity contribution in [2.24, 2.45) is 0 Å². The molecule has 3 rings (SSSR count). The number of sulfonamides is 1. The minimum atomic E-state index is -3.64. The van der Waals surface area contributed by atoms with Crippen LogP contribution in [0.3, 0.4) is 0 Å². The largest absolute Gasteiger partial charge is 0.497 e. The second-order valence-electron chi connectivity index (χ2n) is 6.14. The lowest BCUT2D eigenvalue weighted by Gasteiger charge is -2.36. The summed E-state index contributed by atoms with van der Waals surface area (Å²) in [6.45, 7) is 2.40. The monoisotopic (exact) mass is 367 g/mol. The lowest BCUT2D eigenvalue weighted by molar-refractivity contribution is -0.132. The van der Waals surface area contributed by atoms with Crippen molar-refractivity contribution < 1.29 is 22.7 Å². The summed E-state index contributed by atoms with van der Waals surface area (Å²) in [6.07, 6.45) is 0.535. The molecular formula is C16H21N3O5S. The van der Waals surface area contributed by atoms with Crippen molar-refractivity contribution in [1.29, 1.82) is 0 Å². The van der Waals surface area contributed by atoms with E-state index in [0.717, 1.165) is 0 Å². The summed E-state index contributed by atoms with van der Waals surface area (Å²) < 4.78 is 31.9. The molecule has 0 bridgehead atoms. The van der Waals surface area contributed by atoms with Gasteiger partial charge in [0.25, 0.3) is 5.91 Å². The predicted molar refractivity (Wildman–Crippen MR) is 89.6 cm³/mol. The van der Waals surface area contributed by atoms with Crippen LogP contribution in [0, 0.1) is 0 Å². The molecule has 1 N–H and O–H groups in total. The highest BCUT2D eigenvalue weighted by Crippen LogP contribution is 2.32. The Kier molecular flexibility index (Phi) is 4.46. The van der Waals surface area contributed by atoms with Gasteiger partial charge < -0.3 is 10.1 Å². The Morgan fingerprint density at radius 2 is 1.76 bits per heavy atom. The van der Waals surface area contributed by atoms with Crippen LogP contribution in [0.1, 0.15) is 19.8 Å². The molecule has 1 aromatic carbocycles. The molecule has 0 saturated carbocycles. The van der Waals surface area contributed by atoms with Crippen LogP contribution in [0.15, 0.2) is 29.2 Å². The van der Waals surface area contributed by atoms with Crippen molar-refractivity contribution >= 4 is 22.0 Å². The summed E-state index contributed by atoms with van der Waals surface area (Å²) in [5.74, 6) is 0.317. The number of rotatable bonds is 4. The first-order chi connectivity index (χ1) is 11.8. The number of carbonyl (C=O) groups excluding carboxylic acids is 2. The Morgan fingerprint density at radius 1 is 1.16 bits per heavy atom. The summed E-state index contributed by atoms with van der Waals surface area (Å²) in [6, 6.07) is 5.79. The van der Waals surface area contributed by atoms with Gasteiger partial charge in [0.1, 0.15) is 11.3 Å². The molecule has 0 unspecified atom stereocenters. The lowest BCUT2D eigenvalue weighted by Crippen LogP contribution is -2.55. The van der Waals surface area contributed by atoms with E-state index in [-0.39, 0.29) is 36.7 Å². The molecule has 8 nitrogen and oxygen atoms in total. The number of ether oxygens (including phenoxy) is 1. The minimum Gasteiger partial charge on any atom is -0.497 e. The molecule has 0 radical (unpaired) electrons. The second kappa shape index (κ2) is 6.30. The van der Waals surface area contributed by atoms with Crippen molar-refractivity contribution in [1.82, 2.24) is 14.5 Å². The van der Waals surface area contributed by atoms with Gasteiger partial charge in [0.05, 0.1) is 12.0 Å². The summed E-state index contributed by atoms with van der Waals surface area (Å²) >= 11 is 0. The molecule has 2 aliphatic heterocycles. The van der Waals surface area contributed by atoms with Crippen molar-refractivity contribution in [2.45, 2.75) is 30.2 Å². The van der Waals surface area contributed by atoms with Crippen LogP contribution < -0.4 is 10.1 Å². The van der Waals surface area contributed by atoms with Gasteiger partial charge in [-0.25, -0.2) is 13.2 Å². The molecule has 0 aliphatic carbocycles. The maximum absolute atomic E-state index is 12.8. The number of imide groups is 1. The average molecular weight is 367 g/mol. The number of carbonyl (C=O) groups is 2. The fourth-order valence-electron chi connectivity index (χ4n) is 3.31. The van der Waals surface area contributed by atoms with E-state index in [1.54, 1.807) is 19.1 Å². The maximum Gasteiger partial charge on any atom is 0.325 e. The van der Waals surface area contributed by atoms with E-state index in [2.05, 4.69) is 5.32 Å². The van der Waals surface area contributed by atoms with Crippen LogP contribution in [-0.2, 0) is 14.8 Å². The molecule has 1 aromatic rings. The predicted octanol–water partition coefficient (Wildman–Crippen LogP) is 0.790. The van der Waals surface area contributed by atoms with Crippen LogP contribution in [0.25, 0.3) is 0 Å². The van der Waals surface area contributed by atoms with Crippen LogP contribution >= 0.6 is 0 Å². The fourth-order valence-corrected chi connectivity index (χ4v) is 4.75. The summed E-state index contributed by atoms with van der Waals surface area (Å²) in [7, 11) is -2.13. The quantitative estimate of drug-likeness (QED) is 0.794. The Morgan fingerprint density at radius 3 is 2.24 bits per heavy atom. The smallest absolute Gasteiger partial charge is 0.325 e. The van der Waals surface area contributed by atoms with Gasteiger partial charge in [0.2, 0.25) is 10.0 Å². The molecule has 2 saturated heterocycles. The first-order valence-electron chi connectivity index (χ1n) is 8.12. The third-order valence-corrected chi connectivity index (χ3v) is 6.75. The molecule has 0 atom stereocenters. The molecule has 1 spiro atoms. The molecule has 9 heteroatoms. The zero-order valence-corrected chi connectivity index (χ0v) is 15.0. The van der Waals surface area contributed by atoms with Gasteiger partial charge in [0.15, 0.2) is 0 Å². The first kappa shape index (κ1) is 17.7. The van der Waals surface area contributed by atoms with E-state index in [0.29, 0.717) is 12.3 Å². The molecular weight excluding hydrogens is 346 g/mol. The second-order valence-corrected chi connectivity index (χ2v) is 8.08. The van der Waals surface area contributed by atoms with Gasteiger partial charge in [-0.05, 0) is 44.0 Å². The van der Waals surface area contributed by atoms with Crippen molar-refractivity contribution in [3.8, 4) is 5.75 Å². The van der Waals surface area contributed by atoms with E-state index in [9.17, 15) is 18.0 Å². The number of nitrogens with zero attached hydrogens (tertiary/aromatic N) is 2. The first-order valence-corrected chi connectivity index (χ1v) is 9.56. The van der Waals surface area contributed by atoms with Crippen molar-refractivity contribution in [3.63, 3.8) is 0 Å². The van der Waals surface area contributed by atoms with Crippen molar-refractivity contribution in [2.75, 3.05) is 26.7 Å². The number of likely N-dealkylation sites (N-methyl/N-ethyl adjacent to an activating group) is 1. The van der Waals surface area contributed by atoms with Crippen LogP contribution in [0.4, 0.5) is 4.79 Å². The number of amides is 3. The highest BCUT2D eigenvalue weighted by atomic mass is 32.2. The SMILES string of the molecule is CCN1C(=O)NC2(CCN(S(=O)(=O)c3ccc(OC)cc3)CC2)C1=O. The molecule has 136 valence electrons.